The van der Waals surface area contributed by atoms with Gasteiger partial charge in [-0.1, -0.05) is 0 Å². The fraction of sp³-hybridized carbons (Fsp3) is 0.393. The van der Waals surface area contributed by atoms with Crippen LogP contribution in [-0.2, 0) is 16.0 Å². The van der Waals surface area contributed by atoms with Crippen LogP contribution in [0, 0.1) is 0 Å². The van der Waals surface area contributed by atoms with Crippen LogP contribution >= 0.6 is 0 Å². The van der Waals surface area contributed by atoms with E-state index in [1.165, 1.54) is 0 Å². The lowest BCUT2D eigenvalue weighted by molar-refractivity contribution is -0.116. The number of aryl methyl sites for hydroxylation is 1. The van der Waals surface area contributed by atoms with Crippen molar-refractivity contribution >= 4 is 17.3 Å². The molecule has 0 bridgehead atoms. The first-order valence-corrected chi connectivity index (χ1v) is 12.4. The maximum Gasteiger partial charge on any atom is 0.224 e. The molecule has 8 nitrogen and oxygen atoms in total. The van der Waals surface area contributed by atoms with Crippen LogP contribution in [0.2, 0.25) is 0 Å². The number of hydrogen-bond acceptors (Lipinski definition) is 7. The Morgan fingerprint density at radius 3 is 2.39 bits per heavy atom. The first-order valence-electron chi connectivity index (χ1n) is 12.4. The van der Waals surface area contributed by atoms with Crippen LogP contribution in [0.1, 0.15) is 26.0 Å². The van der Waals surface area contributed by atoms with Crippen LogP contribution in [-0.4, -0.2) is 52.5 Å². The van der Waals surface area contributed by atoms with Crippen molar-refractivity contribution in [2.24, 2.45) is 0 Å². The van der Waals surface area contributed by atoms with Crippen LogP contribution in [0.25, 0.3) is 11.3 Å². The van der Waals surface area contributed by atoms with Crippen molar-refractivity contribution in [2.75, 3.05) is 56.8 Å². The normalized spacial score (nSPS) is 13.4. The maximum atomic E-state index is 12.9. The molecule has 0 aliphatic carbocycles. The number of methoxy groups -OCH3 is 1. The number of amides is 1. The molecule has 0 spiro atoms. The van der Waals surface area contributed by atoms with E-state index in [4.69, 9.17) is 23.4 Å². The molecule has 1 aliphatic heterocycles. The van der Waals surface area contributed by atoms with Gasteiger partial charge < -0.3 is 33.6 Å². The zero-order valence-corrected chi connectivity index (χ0v) is 21.2. The molecule has 192 valence electrons. The largest absolute Gasteiger partial charge is 0.497 e. The van der Waals surface area contributed by atoms with Crippen molar-refractivity contribution in [3.05, 3.63) is 54.3 Å². The number of benzene rings is 2. The number of rotatable bonds is 11. The number of morpholine rings is 1. The van der Waals surface area contributed by atoms with E-state index in [2.05, 4.69) is 10.2 Å². The highest BCUT2D eigenvalue weighted by atomic mass is 16.5. The smallest absolute Gasteiger partial charge is 0.224 e. The van der Waals surface area contributed by atoms with Crippen molar-refractivity contribution in [3.63, 3.8) is 0 Å². The molecule has 0 saturated carbocycles. The highest BCUT2D eigenvalue weighted by Crippen LogP contribution is 2.39. The Bertz CT molecular complexity index is 1140. The standard InChI is InChI=1S/C28H34N2O6/c1-4-34-26-19-24(30-14-16-33-17-15-30)27(35-5-2)18-23(26)29-28(31)13-11-22-10-12-25(36-22)20-6-8-21(32-3)9-7-20/h6-10,12,18-19H,4-5,11,13-17H2,1-3H3,(H,29,31). The second-order valence-electron chi connectivity index (χ2n) is 8.32. The first kappa shape index (κ1) is 25.4. The number of nitrogens with one attached hydrogen (secondary N) is 1. The Morgan fingerprint density at radius 2 is 1.69 bits per heavy atom. The predicted molar refractivity (Wildman–Crippen MR) is 139 cm³/mol. The lowest BCUT2D eigenvalue weighted by Crippen LogP contribution is -2.36. The zero-order chi connectivity index (χ0) is 25.3. The van der Waals surface area contributed by atoms with E-state index < -0.39 is 0 Å². The number of hydrogen-bond donors (Lipinski definition) is 1. The fourth-order valence-corrected chi connectivity index (χ4v) is 4.12. The lowest BCUT2D eigenvalue weighted by Gasteiger charge is -2.31. The summed E-state index contributed by atoms with van der Waals surface area (Å²) in [6, 6.07) is 15.3. The minimum absolute atomic E-state index is 0.125. The maximum absolute atomic E-state index is 12.9. The number of nitrogens with zero attached hydrogens (tertiary/aromatic N) is 1. The fourth-order valence-electron chi connectivity index (χ4n) is 4.12. The number of carbonyl (C=O) groups is 1. The van der Waals surface area contributed by atoms with Gasteiger partial charge >= 0.3 is 0 Å². The van der Waals surface area contributed by atoms with Gasteiger partial charge in [-0.25, -0.2) is 0 Å². The SMILES string of the molecule is CCOc1cc(N2CCOCC2)c(OCC)cc1NC(=O)CCc1ccc(-c2ccc(OC)cc2)o1. The Hall–Kier alpha value is -3.65. The molecular weight excluding hydrogens is 460 g/mol. The molecule has 4 rings (SSSR count). The molecule has 1 aromatic heterocycles. The summed E-state index contributed by atoms with van der Waals surface area (Å²) in [5, 5.41) is 3.00. The predicted octanol–water partition coefficient (Wildman–Crippen LogP) is 5.16. The summed E-state index contributed by atoms with van der Waals surface area (Å²) in [5.41, 5.74) is 2.50. The summed E-state index contributed by atoms with van der Waals surface area (Å²) < 4.78 is 28.5. The van der Waals surface area contributed by atoms with Crippen molar-refractivity contribution in [1.29, 1.82) is 0 Å². The Morgan fingerprint density at radius 1 is 0.972 bits per heavy atom. The Labute approximate surface area is 212 Å². The molecule has 1 N–H and O–H groups in total. The van der Waals surface area contributed by atoms with Gasteiger partial charge in [-0.15, -0.1) is 0 Å². The van der Waals surface area contributed by atoms with Crippen molar-refractivity contribution in [1.82, 2.24) is 0 Å². The minimum atomic E-state index is -0.125. The monoisotopic (exact) mass is 494 g/mol. The molecule has 2 heterocycles. The average Bonchev–Trinajstić information content (AvgIpc) is 3.39. The number of furan rings is 1. The van der Waals surface area contributed by atoms with E-state index in [1.54, 1.807) is 7.11 Å². The van der Waals surface area contributed by atoms with Gasteiger partial charge in [0.1, 0.15) is 28.8 Å². The van der Waals surface area contributed by atoms with Crippen LogP contribution in [0.5, 0.6) is 17.2 Å². The highest BCUT2D eigenvalue weighted by molar-refractivity contribution is 5.93. The van der Waals surface area contributed by atoms with E-state index >= 15 is 0 Å². The van der Waals surface area contributed by atoms with Gasteiger partial charge in [0.2, 0.25) is 5.91 Å². The molecule has 1 fully saturated rings. The third-order valence-corrected chi connectivity index (χ3v) is 5.92. The number of anilines is 2. The quantitative estimate of drug-likeness (QED) is 0.394. The van der Waals surface area contributed by atoms with Crippen molar-refractivity contribution in [3.8, 4) is 28.6 Å². The van der Waals surface area contributed by atoms with Gasteiger partial charge in [-0.05, 0) is 50.2 Å². The van der Waals surface area contributed by atoms with Gasteiger partial charge in [-0.2, -0.15) is 0 Å². The minimum Gasteiger partial charge on any atom is -0.497 e. The summed E-state index contributed by atoms with van der Waals surface area (Å²) in [5.74, 6) is 3.51. The second-order valence-corrected chi connectivity index (χ2v) is 8.32. The molecule has 0 unspecified atom stereocenters. The molecule has 1 amide bonds. The van der Waals surface area contributed by atoms with Gasteiger partial charge in [0.25, 0.3) is 0 Å². The third-order valence-electron chi connectivity index (χ3n) is 5.92. The lowest BCUT2D eigenvalue weighted by atomic mass is 10.1. The van der Waals surface area contributed by atoms with Crippen LogP contribution < -0.4 is 24.4 Å². The number of ether oxygens (including phenoxy) is 4. The summed E-state index contributed by atoms with van der Waals surface area (Å²) >= 11 is 0. The summed E-state index contributed by atoms with van der Waals surface area (Å²) in [6.45, 7) is 7.77. The summed E-state index contributed by atoms with van der Waals surface area (Å²) in [6.07, 6.45) is 0.756. The summed E-state index contributed by atoms with van der Waals surface area (Å²) in [7, 11) is 1.64. The highest BCUT2D eigenvalue weighted by Gasteiger charge is 2.20. The van der Waals surface area contributed by atoms with Crippen LogP contribution in [0.3, 0.4) is 0 Å². The topological polar surface area (TPSA) is 82.4 Å². The van der Waals surface area contributed by atoms with E-state index in [9.17, 15) is 4.79 Å². The summed E-state index contributed by atoms with van der Waals surface area (Å²) in [4.78, 5) is 15.1. The van der Waals surface area contributed by atoms with E-state index in [-0.39, 0.29) is 12.3 Å². The molecule has 2 aromatic carbocycles. The molecule has 1 aliphatic rings. The first-order chi connectivity index (χ1) is 17.6. The van der Waals surface area contributed by atoms with E-state index in [1.807, 2.05) is 62.4 Å². The second kappa shape index (κ2) is 12.4. The van der Waals surface area contributed by atoms with Gasteiger partial charge in [0.05, 0.1) is 44.9 Å². The van der Waals surface area contributed by atoms with Crippen molar-refractivity contribution in [2.45, 2.75) is 26.7 Å². The molecular formula is C28H34N2O6. The molecule has 1 saturated heterocycles. The van der Waals surface area contributed by atoms with Crippen LogP contribution in [0.4, 0.5) is 11.4 Å². The molecule has 36 heavy (non-hydrogen) atoms. The zero-order valence-electron chi connectivity index (χ0n) is 21.2. The van der Waals surface area contributed by atoms with Crippen LogP contribution in [0.15, 0.2) is 52.9 Å². The van der Waals surface area contributed by atoms with Gasteiger partial charge in [-0.3, -0.25) is 4.79 Å². The molecule has 3 aromatic rings. The Kier molecular flexibility index (Phi) is 8.73. The number of carbonyl (C=O) groups excluding carboxylic acids is 1. The average molecular weight is 495 g/mol. The van der Waals surface area contributed by atoms with Crippen molar-refractivity contribution < 1.29 is 28.2 Å². The van der Waals surface area contributed by atoms with E-state index in [0.29, 0.717) is 50.0 Å². The van der Waals surface area contributed by atoms with Gasteiger partial charge in [0, 0.05) is 43.6 Å². The molecule has 0 radical (unpaired) electrons. The molecule has 0 atom stereocenters. The third kappa shape index (κ3) is 6.31. The Balaban J connectivity index is 1.43. The van der Waals surface area contributed by atoms with E-state index in [0.717, 1.165) is 41.6 Å². The van der Waals surface area contributed by atoms with Gasteiger partial charge in [0.15, 0.2) is 0 Å². The molecule has 8 heteroatoms.